The highest BCUT2D eigenvalue weighted by Crippen LogP contribution is 2.21. The summed E-state index contributed by atoms with van der Waals surface area (Å²) in [7, 11) is 0. The summed E-state index contributed by atoms with van der Waals surface area (Å²) in [6.07, 6.45) is 0. The van der Waals surface area contributed by atoms with E-state index >= 15 is 0 Å². The number of rotatable bonds is 6. The predicted molar refractivity (Wildman–Crippen MR) is 85.6 cm³/mol. The third-order valence-corrected chi connectivity index (χ3v) is 4.08. The van der Waals surface area contributed by atoms with E-state index in [1.54, 1.807) is 6.92 Å². The van der Waals surface area contributed by atoms with Crippen molar-refractivity contribution in [3.8, 4) is 0 Å². The number of carbonyl (C=O) groups is 1. The highest BCUT2D eigenvalue weighted by atomic mass is 32.2. The molecule has 2 nitrogen and oxygen atoms in total. The third kappa shape index (κ3) is 4.74. The van der Waals surface area contributed by atoms with Gasteiger partial charge in [0.25, 0.3) is 0 Å². The van der Waals surface area contributed by atoms with Crippen LogP contribution < -0.4 is 5.32 Å². The summed E-state index contributed by atoms with van der Waals surface area (Å²) in [6, 6.07) is 20.6. The molecule has 0 aliphatic carbocycles. The average Bonchev–Trinajstić information content (AvgIpc) is 2.48. The number of nitrogens with one attached hydrogen (secondary N) is 1. The first-order chi connectivity index (χ1) is 9.75. The Morgan fingerprint density at radius 3 is 2.25 bits per heavy atom. The molecule has 0 aromatic heterocycles. The van der Waals surface area contributed by atoms with Gasteiger partial charge in [-0.25, -0.2) is 0 Å². The van der Waals surface area contributed by atoms with Crippen molar-refractivity contribution in [1.82, 2.24) is 5.32 Å². The van der Waals surface area contributed by atoms with Crippen LogP contribution in [0.3, 0.4) is 0 Å². The van der Waals surface area contributed by atoms with Gasteiger partial charge in [0.2, 0.25) is 5.91 Å². The molecule has 0 fully saturated rings. The molecule has 0 bridgehead atoms. The van der Waals surface area contributed by atoms with Crippen molar-refractivity contribution in [2.24, 2.45) is 0 Å². The second-order valence-electron chi connectivity index (χ2n) is 4.66. The Labute approximate surface area is 124 Å². The summed E-state index contributed by atoms with van der Waals surface area (Å²) in [6.45, 7) is 1.57. The van der Waals surface area contributed by atoms with Gasteiger partial charge in [0.05, 0.1) is 6.04 Å². The molecule has 1 unspecified atom stereocenters. The van der Waals surface area contributed by atoms with Gasteiger partial charge in [0, 0.05) is 18.4 Å². The van der Waals surface area contributed by atoms with Crippen LogP contribution in [-0.2, 0) is 10.5 Å². The van der Waals surface area contributed by atoms with Crippen molar-refractivity contribution >= 4 is 17.7 Å². The molecule has 0 aliphatic heterocycles. The van der Waals surface area contributed by atoms with Crippen LogP contribution in [0.5, 0.6) is 0 Å². The SMILES string of the molecule is CC(=O)NC(CSCc1ccccc1)c1ccccc1. The first kappa shape index (κ1) is 14.7. The molecule has 2 rings (SSSR count). The van der Waals surface area contributed by atoms with E-state index in [1.807, 2.05) is 36.0 Å². The van der Waals surface area contributed by atoms with E-state index in [0.29, 0.717) is 0 Å². The van der Waals surface area contributed by atoms with Crippen molar-refractivity contribution in [2.45, 2.75) is 18.7 Å². The van der Waals surface area contributed by atoms with E-state index in [2.05, 4.69) is 41.7 Å². The zero-order chi connectivity index (χ0) is 14.2. The molecule has 2 aromatic rings. The van der Waals surface area contributed by atoms with Gasteiger partial charge in [0.1, 0.15) is 0 Å². The van der Waals surface area contributed by atoms with Crippen molar-refractivity contribution in [3.05, 3.63) is 71.8 Å². The molecule has 0 saturated carbocycles. The topological polar surface area (TPSA) is 29.1 Å². The molecule has 0 saturated heterocycles. The first-order valence-electron chi connectivity index (χ1n) is 6.69. The summed E-state index contributed by atoms with van der Waals surface area (Å²) < 4.78 is 0. The van der Waals surface area contributed by atoms with Gasteiger partial charge in [-0.1, -0.05) is 60.7 Å². The van der Waals surface area contributed by atoms with E-state index in [9.17, 15) is 4.79 Å². The minimum Gasteiger partial charge on any atom is -0.349 e. The second kappa shape index (κ2) is 7.75. The molecular weight excluding hydrogens is 266 g/mol. The van der Waals surface area contributed by atoms with Gasteiger partial charge in [-0.2, -0.15) is 11.8 Å². The molecule has 0 spiro atoms. The standard InChI is InChI=1S/C17H19NOS/c1-14(19)18-17(16-10-6-3-7-11-16)13-20-12-15-8-4-2-5-9-15/h2-11,17H,12-13H2,1H3,(H,18,19). The Hall–Kier alpha value is -1.74. The van der Waals surface area contributed by atoms with Crippen LogP contribution in [0, 0.1) is 0 Å². The zero-order valence-electron chi connectivity index (χ0n) is 11.6. The second-order valence-corrected chi connectivity index (χ2v) is 5.69. The molecule has 0 aliphatic rings. The van der Waals surface area contributed by atoms with Crippen molar-refractivity contribution in [1.29, 1.82) is 0 Å². The fourth-order valence-electron chi connectivity index (χ4n) is 2.02. The lowest BCUT2D eigenvalue weighted by atomic mass is 10.1. The maximum absolute atomic E-state index is 11.3. The van der Waals surface area contributed by atoms with Crippen molar-refractivity contribution in [3.63, 3.8) is 0 Å². The monoisotopic (exact) mass is 285 g/mol. The fraction of sp³-hybridized carbons (Fsp3) is 0.235. The maximum atomic E-state index is 11.3. The fourth-order valence-corrected chi connectivity index (χ4v) is 3.08. The van der Waals surface area contributed by atoms with Gasteiger partial charge >= 0.3 is 0 Å². The van der Waals surface area contributed by atoms with Gasteiger partial charge in [-0.15, -0.1) is 0 Å². The highest BCUT2D eigenvalue weighted by molar-refractivity contribution is 7.98. The van der Waals surface area contributed by atoms with Crippen LogP contribution in [0.2, 0.25) is 0 Å². The molecule has 104 valence electrons. The zero-order valence-corrected chi connectivity index (χ0v) is 12.4. The molecule has 0 radical (unpaired) electrons. The Bertz CT molecular complexity index is 527. The summed E-state index contributed by atoms with van der Waals surface area (Å²) in [5.41, 5.74) is 2.47. The van der Waals surface area contributed by atoms with Crippen LogP contribution in [0.15, 0.2) is 60.7 Å². The van der Waals surface area contributed by atoms with E-state index in [0.717, 1.165) is 17.1 Å². The highest BCUT2D eigenvalue weighted by Gasteiger charge is 2.12. The molecule has 0 heterocycles. The number of hydrogen-bond acceptors (Lipinski definition) is 2. The van der Waals surface area contributed by atoms with E-state index in [1.165, 1.54) is 5.56 Å². The molecule has 20 heavy (non-hydrogen) atoms. The van der Waals surface area contributed by atoms with Crippen LogP contribution in [0.25, 0.3) is 0 Å². The molecule has 3 heteroatoms. The van der Waals surface area contributed by atoms with E-state index < -0.39 is 0 Å². The Kier molecular flexibility index (Phi) is 5.69. The quantitative estimate of drug-likeness (QED) is 0.874. The Morgan fingerprint density at radius 2 is 1.65 bits per heavy atom. The Morgan fingerprint density at radius 1 is 1.05 bits per heavy atom. The van der Waals surface area contributed by atoms with E-state index in [4.69, 9.17) is 0 Å². The lowest BCUT2D eigenvalue weighted by molar-refractivity contribution is -0.119. The maximum Gasteiger partial charge on any atom is 0.217 e. The normalized spacial score (nSPS) is 11.8. The Balaban J connectivity index is 1.93. The summed E-state index contributed by atoms with van der Waals surface area (Å²) in [5, 5.41) is 3.02. The third-order valence-electron chi connectivity index (χ3n) is 2.98. The number of benzene rings is 2. The number of thioether (sulfide) groups is 1. The summed E-state index contributed by atoms with van der Waals surface area (Å²) in [4.78, 5) is 11.3. The van der Waals surface area contributed by atoms with Crippen LogP contribution >= 0.6 is 11.8 Å². The van der Waals surface area contributed by atoms with Crippen LogP contribution in [0.4, 0.5) is 0 Å². The minimum absolute atomic E-state index is 0.0131. The van der Waals surface area contributed by atoms with Crippen molar-refractivity contribution < 1.29 is 4.79 Å². The average molecular weight is 285 g/mol. The molecular formula is C17H19NOS. The van der Waals surface area contributed by atoms with Gasteiger partial charge in [-0.05, 0) is 11.1 Å². The molecule has 2 aromatic carbocycles. The smallest absolute Gasteiger partial charge is 0.217 e. The van der Waals surface area contributed by atoms with Crippen LogP contribution in [-0.4, -0.2) is 11.7 Å². The molecule has 1 atom stereocenters. The minimum atomic E-state index is 0.0131. The molecule has 1 N–H and O–H groups in total. The van der Waals surface area contributed by atoms with Gasteiger partial charge < -0.3 is 5.32 Å². The lowest BCUT2D eigenvalue weighted by Crippen LogP contribution is -2.27. The lowest BCUT2D eigenvalue weighted by Gasteiger charge is -2.18. The first-order valence-corrected chi connectivity index (χ1v) is 7.85. The number of amides is 1. The predicted octanol–water partition coefficient (Wildman–Crippen LogP) is 3.80. The van der Waals surface area contributed by atoms with Crippen molar-refractivity contribution in [2.75, 3.05) is 5.75 Å². The van der Waals surface area contributed by atoms with E-state index in [-0.39, 0.29) is 11.9 Å². The van der Waals surface area contributed by atoms with Crippen LogP contribution in [0.1, 0.15) is 24.1 Å². The molecule has 1 amide bonds. The van der Waals surface area contributed by atoms with Gasteiger partial charge in [-0.3, -0.25) is 4.79 Å². The summed E-state index contributed by atoms with van der Waals surface area (Å²) >= 11 is 1.84. The number of hydrogen-bond donors (Lipinski definition) is 1. The number of carbonyl (C=O) groups excluding carboxylic acids is 1. The largest absolute Gasteiger partial charge is 0.349 e. The van der Waals surface area contributed by atoms with Gasteiger partial charge in [0.15, 0.2) is 0 Å². The summed E-state index contributed by atoms with van der Waals surface area (Å²) in [5.74, 6) is 1.85.